The second-order valence-corrected chi connectivity index (χ2v) is 6.01. The van der Waals surface area contributed by atoms with E-state index in [9.17, 15) is 4.79 Å². The Morgan fingerprint density at radius 3 is 2.48 bits per heavy atom. The van der Waals surface area contributed by atoms with E-state index in [1.165, 1.54) is 0 Å². The number of ether oxygens (including phenoxy) is 2. The summed E-state index contributed by atoms with van der Waals surface area (Å²) in [7, 11) is 3.14. The number of amides is 1. The molecule has 0 spiro atoms. The van der Waals surface area contributed by atoms with Crippen LogP contribution < -0.4 is 14.8 Å². The second kappa shape index (κ2) is 6.30. The minimum atomic E-state index is -0.378. The summed E-state index contributed by atoms with van der Waals surface area (Å²) in [4.78, 5) is 12.1. The molecule has 0 bridgehead atoms. The monoisotopic (exact) mass is 351 g/mol. The molecule has 0 radical (unpaired) electrons. The highest BCUT2D eigenvalue weighted by Crippen LogP contribution is 2.40. The molecular formula is C17H15Cl2NO3. The van der Waals surface area contributed by atoms with Gasteiger partial charge >= 0.3 is 0 Å². The molecule has 120 valence electrons. The van der Waals surface area contributed by atoms with Crippen LogP contribution in [0.3, 0.4) is 0 Å². The first-order valence-corrected chi connectivity index (χ1v) is 7.78. The van der Waals surface area contributed by atoms with Gasteiger partial charge in [0.1, 0.15) is 0 Å². The van der Waals surface area contributed by atoms with Crippen molar-refractivity contribution in [3.8, 4) is 11.5 Å². The van der Waals surface area contributed by atoms with Crippen LogP contribution in [0.5, 0.6) is 11.5 Å². The Hall–Kier alpha value is -1.91. The molecule has 1 atom stereocenters. The fourth-order valence-electron chi connectivity index (χ4n) is 2.81. The first-order valence-electron chi connectivity index (χ1n) is 7.03. The standard InChI is InChI=1S/C17H15Cl2NO3/c1-22-13-6-9-7-15(21)20-17(11(9)8-14(13)23-2)10-4-3-5-12(18)16(10)19/h3-6,8,17H,7H2,1-2H3,(H,20,21). The molecule has 0 saturated carbocycles. The highest BCUT2D eigenvalue weighted by Gasteiger charge is 2.29. The maximum absolute atomic E-state index is 12.1. The Morgan fingerprint density at radius 1 is 1.09 bits per heavy atom. The van der Waals surface area contributed by atoms with Crippen LogP contribution in [0.2, 0.25) is 10.0 Å². The van der Waals surface area contributed by atoms with Gasteiger partial charge < -0.3 is 14.8 Å². The lowest BCUT2D eigenvalue weighted by molar-refractivity contribution is -0.121. The second-order valence-electron chi connectivity index (χ2n) is 5.23. The van der Waals surface area contributed by atoms with Crippen LogP contribution in [0.1, 0.15) is 22.7 Å². The minimum absolute atomic E-state index is 0.0780. The lowest BCUT2D eigenvalue weighted by Gasteiger charge is -2.29. The van der Waals surface area contributed by atoms with Gasteiger partial charge in [-0.05, 0) is 34.9 Å². The van der Waals surface area contributed by atoms with E-state index in [0.717, 1.165) is 16.7 Å². The van der Waals surface area contributed by atoms with Crippen molar-refractivity contribution < 1.29 is 14.3 Å². The van der Waals surface area contributed by atoms with Gasteiger partial charge in [0.05, 0.1) is 36.7 Å². The Labute approximate surface area is 144 Å². The van der Waals surface area contributed by atoms with Crippen LogP contribution in [-0.4, -0.2) is 20.1 Å². The number of rotatable bonds is 3. The maximum atomic E-state index is 12.1. The van der Waals surface area contributed by atoms with Crippen molar-refractivity contribution in [2.45, 2.75) is 12.5 Å². The summed E-state index contributed by atoms with van der Waals surface area (Å²) < 4.78 is 10.7. The first-order chi connectivity index (χ1) is 11.0. The molecule has 6 heteroatoms. The number of nitrogens with one attached hydrogen (secondary N) is 1. The maximum Gasteiger partial charge on any atom is 0.225 e. The summed E-state index contributed by atoms with van der Waals surface area (Å²) in [5.41, 5.74) is 2.56. The average Bonchev–Trinajstić information content (AvgIpc) is 2.55. The number of fused-ring (bicyclic) bond motifs is 1. The smallest absolute Gasteiger partial charge is 0.225 e. The van der Waals surface area contributed by atoms with Crippen molar-refractivity contribution in [3.63, 3.8) is 0 Å². The first kappa shape index (κ1) is 16.0. The van der Waals surface area contributed by atoms with Gasteiger partial charge in [-0.1, -0.05) is 35.3 Å². The molecule has 1 amide bonds. The third-order valence-electron chi connectivity index (χ3n) is 3.91. The summed E-state index contributed by atoms with van der Waals surface area (Å²) >= 11 is 12.4. The van der Waals surface area contributed by atoms with E-state index in [1.807, 2.05) is 24.3 Å². The Bertz CT molecular complexity index is 777. The van der Waals surface area contributed by atoms with Crippen molar-refractivity contribution in [2.24, 2.45) is 0 Å². The molecule has 1 aliphatic rings. The van der Waals surface area contributed by atoms with Crippen LogP contribution in [0, 0.1) is 0 Å². The van der Waals surface area contributed by atoms with E-state index in [2.05, 4.69) is 5.32 Å². The lowest BCUT2D eigenvalue weighted by Crippen LogP contribution is -2.36. The Morgan fingerprint density at radius 2 is 1.78 bits per heavy atom. The number of halogens is 2. The Kier molecular flexibility index (Phi) is 4.37. The van der Waals surface area contributed by atoms with Crippen LogP contribution in [0.25, 0.3) is 0 Å². The molecule has 2 aromatic carbocycles. The number of benzene rings is 2. The number of carbonyl (C=O) groups is 1. The van der Waals surface area contributed by atoms with Gasteiger partial charge in [0.2, 0.25) is 5.91 Å². The Balaban J connectivity index is 2.18. The predicted octanol–water partition coefficient (Wildman–Crippen LogP) is 3.77. The summed E-state index contributed by atoms with van der Waals surface area (Å²) in [6, 6.07) is 8.70. The molecule has 0 fully saturated rings. The van der Waals surface area contributed by atoms with Crippen LogP contribution in [0.15, 0.2) is 30.3 Å². The normalized spacial score (nSPS) is 16.5. The molecule has 1 aliphatic heterocycles. The van der Waals surface area contributed by atoms with Crippen molar-refractivity contribution in [2.75, 3.05) is 14.2 Å². The summed E-state index contributed by atoms with van der Waals surface area (Å²) in [6.07, 6.45) is 0.282. The summed E-state index contributed by atoms with van der Waals surface area (Å²) in [6.45, 7) is 0. The number of methoxy groups -OCH3 is 2. The van der Waals surface area contributed by atoms with Crippen LogP contribution in [-0.2, 0) is 11.2 Å². The van der Waals surface area contributed by atoms with Crippen molar-refractivity contribution in [1.29, 1.82) is 0 Å². The molecule has 23 heavy (non-hydrogen) atoms. The van der Waals surface area contributed by atoms with Gasteiger partial charge in [-0.3, -0.25) is 4.79 Å². The van der Waals surface area contributed by atoms with Crippen molar-refractivity contribution >= 4 is 29.1 Å². The fraction of sp³-hybridized carbons (Fsp3) is 0.235. The summed E-state index contributed by atoms with van der Waals surface area (Å²) in [5.74, 6) is 1.12. The molecule has 4 nitrogen and oxygen atoms in total. The van der Waals surface area contributed by atoms with Gasteiger partial charge in [0, 0.05) is 0 Å². The average molecular weight is 352 g/mol. The number of hydrogen-bond acceptors (Lipinski definition) is 3. The van der Waals surface area contributed by atoms with Gasteiger partial charge in [-0.2, -0.15) is 0 Å². The topological polar surface area (TPSA) is 47.6 Å². The van der Waals surface area contributed by atoms with E-state index in [1.54, 1.807) is 20.3 Å². The van der Waals surface area contributed by atoms with Gasteiger partial charge in [0.15, 0.2) is 11.5 Å². The molecular weight excluding hydrogens is 337 g/mol. The van der Waals surface area contributed by atoms with E-state index in [-0.39, 0.29) is 18.4 Å². The molecule has 0 saturated heterocycles. The largest absolute Gasteiger partial charge is 0.493 e. The van der Waals surface area contributed by atoms with Gasteiger partial charge in [0.25, 0.3) is 0 Å². The fourth-order valence-corrected chi connectivity index (χ4v) is 3.23. The third kappa shape index (κ3) is 2.84. The predicted molar refractivity (Wildman–Crippen MR) is 89.7 cm³/mol. The van der Waals surface area contributed by atoms with E-state index >= 15 is 0 Å². The molecule has 2 aromatic rings. The highest BCUT2D eigenvalue weighted by atomic mass is 35.5. The molecule has 0 aliphatic carbocycles. The number of hydrogen-bond donors (Lipinski definition) is 1. The van der Waals surface area contributed by atoms with Crippen LogP contribution >= 0.6 is 23.2 Å². The van der Waals surface area contributed by atoms with Crippen molar-refractivity contribution in [1.82, 2.24) is 5.32 Å². The molecule has 1 N–H and O–H groups in total. The SMILES string of the molecule is COc1cc2c(cc1OC)C(c1cccc(Cl)c1Cl)NC(=O)C2. The lowest BCUT2D eigenvalue weighted by atomic mass is 9.89. The van der Waals surface area contributed by atoms with E-state index in [0.29, 0.717) is 21.5 Å². The molecule has 3 rings (SSSR count). The zero-order valence-corrected chi connectivity index (χ0v) is 14.2. The third-order valence-corrected chi connectivity index (χ3v) is 4.74. The van der Waals surface area contributed by atoms with E-state index < -0.39 is 0 Å². The molecule has 0 aromatic heterocycles. The highest BCUT2D eigenvalue weighted by molar-refractivity contribution is 6.42. The van der Waals surface area contributed by atoms with Gasteiger partial charge in [-0.25, -0.2) is 0 Å². The zero-order valence-electron chi connectivity index (χ0n) is 12.7. The zero-order chi connectivity index (χ0) is 16.6. The number of carbonyl (C=O) groups excluding carboxylic acids is 1. The van der Waals surface area contributed by atoms with Gasteiger partial charge in [-0.15, -0.1) is 0 Å². The van der Waals surface area contributed by atoms with E-state index in [4.69, 9.17) is 32.7 Å². The van der Waals surface area contributed by atoms with Crippen LogP contribution in [0.4, 0.5) is 0 Å². The summed E-state index contributed by atoms with van der Waals surface area (Å²) in [5, 5.41) is 3.85. The quantitative estimate of drug-likeness (QED) is 0.915. The van der Waals surface area contributed by atoms with Crippen molar-refractivity contribution in [3.05, 3.63) is 57.1 Å². The molecule has 1 heterocycles. The molecule has 1 unspecified atom stereocenters. The minimum Gasteiger partial charge on any atom is -0.493 e.